The summed E-state index contributed by atoms with van der Waals surface area (Å²) in [4.78, 5) is 24.9. The molecule has 0 spiro atoms. The van der Waals surface area contributed by atoms with Gasteiger partial charge in [0.15, 0.2) is 0 Å². The highest BCUT2D eigenvalue weighted by Gasteiger charge is 2.26. The second kappa shape index (κ2) is 11.9. The molecule has 2 aromatic rings. The van der Waals surface area contributed by atoms with Gasteiger partial charge in [0.05, 0.1) is 4.90 Å². The second-order valence-corrected chi connectivity index (χ2v) is 9.81. The maximum atomic E-state index is 12.9. The molecule has 0 aromatic heterocycles. The van der Waals surface area contributed by atoms with E-state index in [4.69, 9.17) is 0 Å². The molecule has 0 fully saturated rings. The molecule has 0 aliphatic carbocycles. The minimum atomic E-state index is -3.86. The predicted octanol–water partition coefficient (Wildman–Crippen LogP) is 2.25. The highest BCUT2D eigenvalue weighted by atomic mass is 32.2. The van der Waals surface area contributed by atoms with Crippen molar-refractivity contribution in [2.45, 2.75) is 31.2 Å². The van der Waals surface area contributed by atoms with Gasteiger partial charge >= 0.3 is 0 Å². The van der Waals surface area contributed by atoms with E-state index in [1.165, 1.54) is 11.8 Å². The van der Waals surface area contributed by atoms with Gasteiger partial charge in [-0.2, -0.15) is 16.5 Å². The third-order valence-electron chi connectivity index (χ3n) is 4.60. The summed E-state index contributed by atoms with van der Waals surface area (Å²) in [6.45, 7) is 3.97. The van der Waals surface area contributed by atoms with E-state index in [2.05, 4.69) is 15.4 Å². The molecule has 0 aliphatic rings. The van der Waals surface area contributed by atoms with Gasteiger partial charge in [-0.1, -0.05) is 30.3 Å². The first-order valence-electron chi connectivity index (χ1n) is 9.94. The Morgan fingerprint density at radius 3 is 2.35 bits per heavy atom. The monoisotopic (exact) mass is 463 g/mol. The van der Waals surface area contributed by atoms with Crippen LogP contribution in [0, 0.1) is 13.8 Å². The molecule has 1 atom stereocenters. The minimum Gasteiger partial charge on any atom is -0.353 e. The summed E-state index contributed by atoms with van der Waals surface area (Å²) < 4.78 is 28.4. The fraction of sp³-hybridized carbons (Fsp3) is 0.364. The lowest BCUT2D eigenvalue weighted by molar-refractivity contribution is -0.122. The van der Waals surface area contributed by atoms with Crippen LogP contribution in [0.25, 0.3) is 0 Å². The van der Waals surface area contributed by atoms with Gasteiger partial charge in [-0.05, 0) is 61.6 Å². The Labute approximate surface area is 188 Å². The molecule has 7 nitrogen and oxygen atoms in total. The number of benzene rings is 2. The van der Waals surface area contributed by atoms with Crippen molar-refractivity contribution >= 4 is 33.6 Å². The van der Waals surface area contributed by atoms with Crippen molar-refractivity contribution in [3.63, 3.8) is 0 Å². The topological polar surface area (TPSA) is 104 Å². The average Bonchev–Trinajstić information content (AvgIpc) is 2.76. The molecule has 0 heterocycles. The molecule has 168 valence electrons. The van der Waals surface area contributed by atoms with Gasteiger partial charge in [0.1, 0.15) is 6.04 Å². The number of nitrogens with one attached hydrogen (secondary N) is 3. The number of aryl methyl sites for hydroxylation is 2. The fourth-order valence-corrected chi connectivity index (χ4v) is 4.93. The Kier molecular flexibility index (Phi) is 9.54. The largest absolute Gasteiger partial charge is 0.353 e. The Bertz CT molecular complexity index is 995. The summed E-state index contributed by atoms with van der Waals surface area (Å²) in [5.74, 6) is -0.0284. The van der Waals surface area contributed by atoms with Gasteiger partial charge in [0, 0.05) is 18.7 Å². The first-order chi connectivity index (χ1) is 14.7. The second-order valence-electron chi connectivity index (χ2n) is 7.14. The molecule has 3 N–H and O–H groups in total. The molecule has 2 amide bonds. The summed E-state index contributed by atoms with van der Waals surface area (Å²) in [5, 5.41) is 5.44. The fourth-order valence-electron chi connectivity index (χ4n) is 2.90. The number of sulfonamides is 1. The number of thioether (sulfide) groups is 1. The van der Waals surface area contributed by atoms with Crippen LogP contribution in [-0.4, -0.2) is 51.4 Å². The molecular weight excluding hydrogens is 434 g/mol. The summed E-state index contributed by atoms with van der Waals surface area (Å²) >= 11 is 1.53. The van der Waals surface area contributed by atoms with Crippen LogP contribution in [0.3, 0.4) is 0 Å². The van der Waals surface area contributed by atoms with Gasteiger partial charge in [0.25, 0.3) is 5.91 Å². The highest BCUT2D eigenvalue weighted by molar-refractivity contribution is 7.98. The van der Waals surface area contributed by atoms with Crippen molar-refractivity contribution in [3.8, 4) is 0 Å². The molecule has 0 bridgehead atoms. The Hall–Kier alpha value is -2.36. The van der Waals surface area contributed by atoms with Crippen molar-refractivity contribution < 1.29 is 18.0 Å². The van der Waals surface area contributed by atoms with E-state index < -0.39 is 22.0 Å². The normalized spacial score (nSPS) is 12.2. The van der Waals surface area contributed by atoms with Crippen LogP contribution in [0.2, 0.25) is 0 Å². The highest BCUT2D eigenvalue weighted by Crippen LogP contribution is 2.17. The third-order valence-corrected chi connectivity index (χ3v) is 6.86. The van der Waals surface area contributed by atoms with E-state index in [9.17, 15) is 18.0 Å². The lowest BCUT2D eigenvalue weighted by Crippen LogP contribution is -2.48. The van der Waals surface area contributed by atoms with Crippen molar-refractivity contribution in [3.05, 3.63) is 65.2 Å². The van der Waals surface area contributed by atoms with Crippen molar-refractivity contribution in [1.82, 2.24) is 15.4 Å². The number of amides is 2. The first kappa shape index (κ1) is 24.9. The van der Waals surface area contributed by atoms with Crippen molar-refractivity contribution in [2.75, 3.05) is 25.1 Å². The zero-order valence-electron chi connectivity index (χ0n) is 18.0. The zero-order valence-corrected chi connectivity index (χ0v) is 19.6. The van der Waals surface area contributed by atoms with Gasteiger partial charge in [-0.25, -0.2) is 8.42 Å². The predicted molar refractivity (Wildman–Crippen MR) is 125 cm³/mol. The van der Waals surface area contributed by atoms with E-state index in [0.29, 0.717) is 23.3 Å². The van der Waals surface area contributed by atoms with E-state index in [0.717, 1.165) is 5.56 Å². The van der Waals surface area contributed by atoms with E-state index in [1.807, 2.05) is 25.3 Å². The zero-order chi connectivity index (χ0) is 22.9. The maximum absolute atomic E-state index is 12.9. The molecule has 0 saturated carbocycles. The molecule has 1 unspecified atom stereocenters. The third kappa shape index (κ3) is 7.68. The average molecular weight is 464 g/mol. The van der Waals surface area contributed by atoms with Crippen molar-refractivity contribution in [1.29, 1.82) is 0 Å². The number of carbonyl (C=O) groups excluding carboxylic acids is 2. The number of hydrogen-bond donors (Lipinski definition) is 3. The van der Waals surface area contributed by atoms with Gasteiger partial charge in [-0.3, -0.25) is 9.59 Å². The van der Waals surface area contributed by atoms with Gasteiger partial charge in [0.2, 0.25) is 15.9 Å². The van der Waals surface area contributed by atoms with Crippen molar-refractivity contribution in [2.24, 2.45) is 0 Å². The molecule has 0 aliphatic heterocycles. The summed E-state index contributed by atoms with van der Waals surface area (Å²) in [7, 11) is -3.86. The van der Waals surface area contributed by atoms with Gasteiger partial charge < -0.3 is 10.6 Å². The molecule has 2 aromatic carbocycles. The van der Waals surface area contributed by atoms with Crippen LogP contribution in [0.4, 0.5) is 0 Å². The summed E-state index contributed by atoms with van der Waals surface area (Å²) in [6.07, 6.45) is 2.25. The van der Waals surface area contributed by atoms with Crippen LogP contribution in [0.5, 0.6) is 0 Å². The van der Waals surface area contributed by atoms with E-state index in [1.54, 1.807) is 43.3 Å². The molecule has 0 saturated heterocycles. The van der Waals surface area contributed by atoms with Crippen LogP contribution in [0.1, 0.15) is 27.9 Å². The van der Waals surface area contributed by atoms with Crippen LogP contribution in [0.15, 0.2) is 53.4 Å². The molecule has 0 radical (unpaired) electrons. The Morgan fingerprint density at radius 2 is 1.68 bits per heavy atom. The number of carbonyl (C=O) groups is 2. The van der Waals surface area contributed by atoms with Gasteiger partial charge in [-0.15, -0.1) is 0 Å². The quantitative estimate of drug-likeness (QED) is 0.444. The Morgan fingerprint density at radius 1 is 1.00 bits per heavy atom. The minimum absolute atomic E-state index is 0.171. The summed E-state index contributed by atoms with van der Waals surface area (Å²) in [5.41, 5.74) is 1.98. The lowest BCUT2D eigenvalue weighted by Gasteiger charge is -2.19. The maximum Gasteiger partial charge on any atom is 0.251 e. The van der Waals surface area contributed by atoms with Crippen LogP contribution < -0.4 is 15.4 Å². The number of rotatable bonds is 11. The van der Waals surface area contributed by atoms with E-state index >= 15 is 0 Å². The standard InChI is InChI=1S/C22H29N3O4S2/c1-16-9-10-17(2)20(15-16)31(28,29)25-19(11-14-30-3)22(27)24-13-12-23-21(26)18-7-5-4-6-8-18/h4-10,15,19,25H,11-14H2,1-3H3,(H,23,26)(H,24,27). The van der Waals surface area contributed by atoms with Crippen LogP contribution in [-0.2, 0) is 14.8 Å². The molecule has 31 heavy (non-hydrogen) atoms. The molecular formula is C22H29N3O4S2. The number of hydrogen-bond acceptors (Lipinski definition) is 5. The van der Waals surface area contributed by atoms with E-state index in [-0.39, 0.29) is 23.9 Å². The summed E-state index contributed by atoms with van der Waals surface area (Å²) in [6, 6.07) is 13.1. The molecule has 2 rings (SSSR count). The van der Waals surface area contributed by atoms with Crippen LogP contribution >= 0.6 is 11.8 Å². The SMILES string of the molecule is CSCCC(NS(=O)(=O)c1cc(C)ccc1C)C(=O)NCCNC(=O)c1ccccc1. The molecule has 9 heteroatoms. The first-order valence-corrected chi connectivity index (χ1v) is 12.8. The smallest absolute Gasteiger partial charge is 0.251 e. The lowest BCUT2D eigenvalue weighted by atomic mass is 10.2. The Balaban J connectivity index is 1.97.